The lowest BCUT2D eigenvalue weighted by Gasteiger charge is -2.44. The molecule has 0 saturated carbocycles. The number of anilines is 2. The maximum atomic E-state index is 13.8. The van der Waals surface area contributed by atoms with Gasteiger partial charge in [-0.05, 0) is 78.5 Å². The molecule has 1 atom stereocenters. The third kappa shape index (κ3) is 4.35. The molecule has 0 aromatic heterocycles. The molecular weight excluding hydrogens is 484 g/mol. The molecule has 6 heteroatoms. The van der Waals surface area contributed by atoms with Gasteiger partial charge in [-0.15, -0.1) is 0 Å². The van der Waals surface area contributed by atoms with Gasteiger partial charge in [0, 0.05) is 72.9 Å². The minimum absolute atomic E-state index is 0.0719. The molecule has 3 aromatic carbocycles. The van der Waals surface area contributed by atoms with Crippen molar-refractivity contribution >= 4 is 17.3 Å². The molecule has 206 valence electrons. The van der Waals surface area contributed by atoms with Gasteiger partial charge in [-0.2, -0.15) is 0 Å². The first kappa shape index (κ1) is 27.1. The van der Waals surface area contributed by atoms with Crippen LogP contribution in [0.4, 0.5) is 11.4 Å². The maximum Gasteiger partial charge on any atom is 0.255 e. The van der Waals surface area contributed by atoms with E-state index in [4.69, 9.17) is 4.74 Å². The number of hydrogen-bond donors (Lipinski definition) is 0. The van der Waals surface area contributed by atoms with E-state index < -0.39 is 5.54 Å². The predicted octanol–water partition coefficient (Wildman–Crippen LogP) is 6.18. The predicted molar refractivity (Wildman–Crippen MR) is 161 cm³/mol. The number of hydrogen-bond acceptors (Lipinski definition) is 5. The Bertz CT molecular complexity index is 1350. The van der Waals surface area contributed by atoms with E-state index in [1.807, 2.05) is 23.1 Å². The summed E-state index contributed by atoms with van der Waals surface area (Å²) in [6.45, 7) is 14.0. The van der Waals surface area contributed by atoms with Gasteiger partial charge in [0.1, 0.15) is 17.0 Å². The summed E-state index contributed by atoms with van der Waals surface area (Å²) in [6, 6.07) is 21.2. The number of rotatable bonds is 10. The standard InChI is InChI=1S/C33H42N4O2/c1-7-35(8-2)24-16-18-28-30(22-24)39-31-23-25(36(9-3)21-13-20-34(5)6)17-19-29(31)33(28)27-15-12-11-14-26(27)32(38)37(33)10-4/h11-12,14-19,22-23H,7-10,13,20-21H2,1-6H3. The van der Waals surface area contributed by atoms with Gasteiger partial charge in [0.25, 0.3) is 5.91 Å². The number of fused-ring (bicyclic) bond motifs is 6. The highest BCUT2D eigenvalue weighted by Crippen LogP contribution is 2.58. The summed E-state index contributed by atoms with van der Waals surface area (Å²) >= 11 is 0. The topological polar surface area (TPSA) is 39.3 Å². The van der Waals surface area contributed by atoms with Crippen molar-refractivity contribution < 1.29 is 9.53 Å². The van der Waals surface area contributed by atoms with Crippen molar-refractivity contribution in [1.82, 2.24) is 9.80 Å². The number of amides is 1. The molecular formula is C33H42N4O2. The highest BCUT2D eigenvalue weighted by molar-refractivity contribution is 6.02. The van der Waals surface area contributed by atoms with E-state index >= 15 is 0 Å². The van der Waals surface area contributed by atoms with Crippen LogP contribution >= 0.6 is 0 Å². The Hall–Kier alpha value is -3.51. The Balaban J connectivity index is 1.70. The first-order chi connectivity index (χ1) is 18.9. The van der Waals surface area contributed by atoms with Gasteiger partial charge in [-0.25, -0.2) is 0 Å². The maximum absolute atomic E-state index is 13.8. The highest BCUT2D eigenvalue weighted by Gasteiger charge is 2.55. The zero-order chi connectivity index (χ0) is 27.7. The van der Waals surface area contributed by atoms with Gasteiger partial charge >= 0.3 is 0 Å². The minimum atomic E-state index is -0.729. The Kier molecular flexibility index (Phi) is 7.59. The number of benzene rings is 3. The molecule has 0 saturated heterocycles. The Morgan fingerprint density at radius 2 is 1.33 bits per heavy atom. The molecule has 0 fully saturated rings. The van der Waals surface area contributed by atoms with Gasteiger partial charge < -0.3 is 24.3 Å². The monoisotopic (exact) mass is 526 g/mol. The fourth-order valence-electron chi connectivity index (χ4n) is 6.47. The number of nitrogens with zero attached hydrogens (tertiary/aromatic N) is 4. The van der Waals surface area contributed by atoms with Crippen molar-refractivity contribution in [3.05, 3.63) is 82.9 Å². The second kappa shape index (κ2) is 10.9. The van der Waals surface area contributed by atoms with E-state index in [1.165, 1.54) is 0 Å². The average Bonchev–Trinajstić information content (AvgIpc) is 3.19. The molecule has 0 N–H and O–H groups in total. The summed E-state index contributed by atoms with van der Waals surface area (Å²) in [5, 5.41) is 0. The van der Waals surface area contributed by atoms with E-state index in [0.29, 0.717) is 6.54 Å². The summed E-state index contributed by atoms with van der Waals surface area (Å²) in [6.07, 6.45) is 1.09. The van der Waals surface area contributed by atoms with E-state index in [-0.39, 0.29) is 5.91 Å². The molecule has 1 spiro atoms. The fourth-order valence-corrected chi connectivity index (χ4v) is 6.47. The largest absolute Gasteiger partial charge is 0.456 e. The number of carbonyl (C=O) groups is 1. The van der Waals surface area contributed by atoms with Gasteiger partial charge in [0.05, 0.1) is 0 Å². The summed E-state index contributed by atoms with van der Waals surface area (Å²) in [5.74, 6) is 1.72. The molecule has 3 aromatic rings. The van der Waals surface area contributed by atoms with Crippen molar-refractivity contribution in [1.29, 1.82) is 0 Å². The van der Waals surface area contributed by atoms with Crippen LogP contribution < -0.4 is 14.5 Å². The summed E-state index contributed by atoms with van der Waals surface area (Å²) in [7, 11) is 4.24. The second-order valence-electron chi connectivity index (χ2n) is 10.7. The Morgan fingerprint density at radius 3 is 1.90 bits per heavy atom. The zero-order valence-electron chi connectivity index (χ0n) is 24.3. The number of ether oxygens (including phenoxy) is 1. The first-order valence-electron chi connectivity index (χ1n) is 14.4. The van der Waals surface area contributed by atoms with Crippen molar-refractivity contribution in [3.8, 4) is 11.5 Å². The van der Waals surface area contributed by atoms with Crippen molar-refractivity contribution in [2.24, 2.45) is 0 Å². The normalized spacial score (nSPS) is 17.2. The second-order valence-corrected chi connectivity index (χ2v) is 10.7. The lowest BCUT2D eigenvalue weighted by atomic mass is 9.74. The van der Waals surface area contributed by atoms with Crippen molar-refractivity contribution in [2.75, 3.05) is 63.2 Å². The SMILES string of the molecule is CCN(CC)c1ccc2c(c1)Oc1cc(N(CC)CCCN(C)C)ccc1C21c2ccccc2C(=O)N1CC. The van der Waals surface area contributed by atoms with Crippen LogP contribution in [0.5, 0.6) is 11.5 Å². The zero-order valence-corrected chi connectivity index (χ0v) is 24.3. The number of carbonyl (C=O) groups excluding carboxylic acids is 1. The third-order valence-corrected chi connectivity index (χ3v) is 8.35. The first-order valence-corrected chi connectivity index (χ1v) is 14.4. The van der Waals surface area contributed by atoms with Crippen molar-refractivity contribution in [3.63, 3.8) is 0 Å². The average molecular weight is 527 g/mol. The minimum Gasteiger partial charge on any atom is -0.456 e. The lowest BCUT2D eigenvalue weighted by molar-refractivity contribution is 0.0679. The molecule has 1 unspecified atom stereocenters. The van der Waals surface area contributed by atoms with Gasteiger partial charge in [0.15, 0.2) is 0 Å². The molecule has 0 bridgehead atoms. The van der Waals surface area contributed by atoms with Crippen LogP contribution in [0.2, 0.25) is 0 Å². The summed E-state index contributed by atoms with van der Waals surface area (Å²) < 4.78 is 6.77. The van der Waals surface area contributed by atoms with Crippen LogP contribution in [0.25, 0.3) is 0 Å². The molecule has 0 radical (unpaired) electrons. The quantitative estimate of drug-likeness (QED) is 0.315. The molecule has 2 aliphatic rings. The lowest BCUT2D eigenvalue weighted by Crippen LogP contribution is -2.47. The summed E-state index contributed by atoms with van der Waals surface area (Å²) in [5.41, 5.74) is 5.41. The Morgan fingerprint density at radius 1 is 0.744 bits per heavy atom. The highest BCUT2D eigenvalue weighted by atomic mass is 16.5. The van der Waals surface area contributed by atoms with Crippen LogP contribution in [-0.4, -0.2) is 69.1 Å². The van der Waals surface area contributed by atoms with Crippen LogP contribution in [0.3, 0.4) is 0 Å². The Labute approximate surface area is 233 Å². The molecule has 5 rings (SSSR count). The van der Waals surface area contributed by atoms with E-state index in [2.05, 4.69) is 99.0 Å². The van der Waals surface area contributed by atoms with Crippen LogP contribution in [0.1, 0.15) is 61.2 Å². The molecule has 6 nitrogen and oxygen atoms in total. The van der Waals surface area contributed by atoms with E-state index in [0.717, 1.165) is 84.3 Å². The summed E-state index contributed by atoms with van der Waals surface area (Å²) in [4.78, 5) is 22.8. The molecule has 2 aliphatic heterocycles. The van der Waals surface area contributed by atoms with E-state index in [1.54, 1.807) is 0 Å². The van der Waals surface area contributed by atoms with Crippen LogP contribution in [0, 0.1) is 0 Å². The third-order valence-electron chi connectivity index (χ3n) is 8.35. The van der Waals surface area contributed by atoms with E-state index in [9.17, 15) is 4.79 Å². The molecule has 1 amide bonds. The van der Waals surface area contributed by atoms with Gasteiger partial charge in [-0.3, -0.25) is 4.79 Å². The molecule has 2 heterocycles. The van der Waals surface area contributed by atoms with Gasteiger partial charge in [0.2, 0.25) is 0 Å². The van der Waals surface area contributed by atoms with Crippen LogP contribution in [-0.2, 0) is 5.54 Å². The fraction of sp³-hybridized carbons (Fsp3) is 0.424. The smallest absolute Gasteiger partial charge is 0.255 e. The van der Waals surface area contributed by atoms with Crippen molar-refractivity contribution in [2.45, 2.75) is 39.7 Å². The molecule has 0 aliphatic carbocycles. The van der Waals surface area contributed by atoms with Gasteiger partial charge in [-0.1, -0.05) is 30.3 Å². The molecule has 39 heavy (non-hydrogen) atoms. The van der Waals surface area contributed by atoms with Crippen LogP contribution in [0.15, 0.2) is 60.7 Å².